The van der Waals surface area contributed by atoms with Gasteiger partial charge in [0.05, 0.1) is 88.3 Å². The highest BCUT2D eigenvalue weighted by molar-refractivity contribution is 5.72. The molecule has 2 unspecified atom stereocenters. The predicted octanol–water partition coefficient (Wildman–Crippen LogP) is 10.7. The lowest BCUT2D eigenvalue weighted by Gasteiger charge is -2.51. The largest absolute Gasteiger partial charge is 0.463 e. The number of halogens is 2. The third kappa shape index (κ3) is 43.2. The summed E-state index contributed by atoms with van der Waals surface area (Å²) < 4.78 is 45.6. The minimum atomic E-state index is -2.42. The first-order valence-electron chi connectivity index (χ1n) is 40.9. The van der Waals surface area contributed by atoms with Crippen LogP contribution in [0.4, 0.5) is 8.78 Å². The van der Waals surface area contributed by atoms with Crippen molar-refractivity contribution in [1.82, 2.24) is 54.3 Å². The van der Waals surface area contributed by atoms with Gasteiger partial charge in [-0.05, 0) is 262 Å². The van der Waals surface area contributed by atoms with Gasteiger partial charge in [0.1, 0.15) is 6.61 Å². The number of esters is 1. The van der Waals surface area contributed by atoms with Crippen LogP contribution in [-0.4, -0.2) is 360 Å². The Balaban J connectivity index is 0.000000595. The number of ether oxygens (including phenoxy) is 4. The molecule has 0 aromatic heterocycles. The highest BCUT2D eigenvalue weighted by Gasteiger charge is 2.48. The topological polar surface area (TPSA) is 200 Å². The SMILES string of the molecule is CC(C)(C)N1CC(F)(F)C1.CC(C)(C)N1CC(O)C1.CC(C)(C)N1CCC(O)C1.CC(C)(C)N1CCC(O)CC1.CC(C)(C)N1CCOC(=O)C1.CC(C)(C)N1CCOC(CO)C1.CC(C)(C)N1CCOCC1.CC1(C)CN(C(C)(C)C)CCN1.CC1(C)CN(C(C)(C)C)CCO1.CC1(O)CN(C(C)(C)C)C1. The van der Waals surface area contributed by atoms with Gasteiger partial charge in [0.2, 0.25) is 0 Å². The predicted molar refractivity (Wildman–Crippen MR) is 441 cm³/mol. The van der Waals surface area contributed by atoms with Crippen molar-refractivity contribution < 1.29 is 58.1 Å². The zero-order chi connectivity index (χ0) is 83.4. The number of carbonyl (C=O) groups excluding carboxylic acids is 1. The van der Waals surface area contributed by atoms with Crippen LogP contribution in [0.1, 0.15) is 262 Å². The fourth-order valence-electron chi connectivity index (χ4n) is 13.2. The lowest BCUT2D eigenvalue weighted by atomic mass is 9.90. The average molecular weight is 1540 g/mol. The Kier molecular flexibility index (Phi) is 41.1. The number of hydrogen-bond acceptors (Lipinski definition) is 21. The molecule has 0 amide bonds. The first kappa shape index (κ1) is 104. The highest BCUT2D eigenvalue weighted by atomic mass is 19.3. The molecule has 21 nitrogen and oxygen atoms in total. The maximum atomic E-state index is 12.3. The molecule has 0 aromatic carbocycles. The van der Waals surface area contributed by atoms with Crippen molar-refractivity contribution in [2.75, 3.05) is 177 Å². The molecule has 0 aliphatic carbocycles. The van der Waals surface area contributed by atoms with Crippen LogP contribution in [0.5, 0.6) is 0 Å². The third-order valence-corrected chi connectivity index (χ3v) is 21.2. The highest BCUT2D eigenvalue weighted by Crippen LogP contribution is 2.33. The molecular formula is C84H175F2N11O10. The number of rotatable bonds is 1. The summed E-state index contributed by atoms with van der Waals surface area (Å²) in [6.07, 6.45) is 2.64. The Morgan fingerprint density at radius 3 is 1.03 bits per heavy atom. The number of aliphatic hydroxyl groups is 5. The Labute approximate surface area is 656 Å². The van der Waals surface area contributed by atoms with Crippen molar-refractivity contribution in [2.24, 2.45) is 0 Å². The second-order valence-electron chi connectivity index (χ2n) is 43.1. The van der Waals surface area contributed by atoms with Crippen molar-refractivity contribution in [3.05, 3.63) is 0 Å². The zero-order valence-corrected chi connectivity index (χ0v) is 76.0. The Morgan fingerprint density at radius 1 is 0.393 bits per heavy atom. The first-order chi connectivity index (χ1) is 47.9. The number of nitrogens with zero attached hydrogens (tertiary/aromatic N) is 10. The van der Waals surface area contributed by atoms with Gasteiger partial charge in [-0.15, -0.1) is 0 Å². The van der Waals surface area contributed by atoms with Gasteiger partial charge in [-0.3, -0.25) is 53.8 Å². The van der Waals surface area contributed by atoms with Crippen LogP contribution in [-0.2, 0) is 23.7 Å². The van der Waals surface area contributed by atoms with E-state index in [1.54, 1.807) is 4.90 Å². The van der Waals surface area contributed by atoms with E-state index in [0.717, 1.165) is 157 Å². The second kappa shape index (κ2) is 42.4. The molecule has 0 radical (unpaired) electrons. The molecule has 10 rings (SSSR count). The minimum absolute atomic E-state index is 0.0120. The number of piperazine rings is 1. The number of likely N-dealkylation sites (tertiary alicyclic amines) is 5. The number of nitrogens with one attached hydrogen (secondary N) is 1. The van der Waals surface area contributed by atoms with E-state index in [2.05, 4.69) is 264 Å². The fraction of sp³-hybridized carbons (Fsp3) is 0.988. The standard InChI is InChI=1S/C10H22N2.C10H21NO.C9H19NO2.C9H19NO.C8H15NO2.3C8H17NO.C7H13F2N.C7H15NO/c1-9(2,3)12-7-6-11-10(4,5)8-12;1-9(2,3)11-6-7-12-10(4,5)8-11;1-9(2,3)10-4-5-12-8(6-10)7-11;1-9(2,3)10-6-4-8(11)5-7-10;1-8(2,3)9-4-5-11-7(10)6-9;1-7(2,3)9-5-8(4,10)6-9;1-8(2,3)9-4-6-10-7-5-9;1-8(2,3)9-5-4-7(10)6-9;1-6(2,3)10-4-7(8,9)5-10;1-7(2,3)8-4-6(9)5-8/h11H,6-8H2,1-5H3;6-8H2,1-5H3;8,11H,4-7H2,1-3H3;8,11H,4-7H2,1-3H3;4-6H2,1-3H3;10H,5-6H2,1-4H3;4-7H2,1-3H3;7,10H,4-6H2,1-3H3;4-5H2,1-3H3;6,9H,4-5H2,1-3H3. The Hall–Kier alpha value is -1.43. The fourth-order valence-corrected chi connectivity index (χ4v) is 13.2. The van der Waals surface area contributed by atoms with Gasteiger partial charge in [-0.2, -0.15) is 0 Å². The lowest BCUT2D eigenvalue weighted by Crippen LogP contribution is -2.65. The molecule has 107 heavy (non-hydrogen) atoms. The van der Waals surface area contributed by atoms with Gasteiger partial charge in [-0.25, -0.2) is 8.78 Å². The molecule has 10 aliphatic rings. The molecule has 2 atom stereocenters. The second-order valence-corrected chi connectivity index (χ2v) is 43.1. The normalized spacial score (nSPS) is 25.3. The molecule has 0 bridgehead atoms. The van der Waals surface area contributed by atoms with Gasteiger partial charge >= 0.3 is 5.97 Å². The van der Waals surface area contributed by atoms with Crippen LogP contribution >= 0.6 is 0 Å². The van der Waals surface area contributed by atoms with Gasteiger partial charge in [0.15, 0.2) is 0 Å². The van der Waals surface area contributed by atoms with Crippen LogP contribution in [0.2, 0.25) is 0 Å². The summed E-state index contributed by atoms with van der Waals surface area (Å²) in [7, 11) is 0. The maximum Gasteiger partial charge on any atom is 0.320 e. The summed E-state index contributed by atoms with van der Waals surface area (Å²) >= 11 is 0. The van der Waals surface area contributed by atoms with Gasteiger partial charge in [0, 0.05) is 179 Å². The Bertz CT molecular complexity index is 2330. The molecule has 6 N–H and O–H groups in total. The molecule has 0 spiro atoms. The summed E-state index contributed by atoms with van der Waals surface area (Å²) in [5, 5.41) is 49.3. The van der Waals surface area contributed by atoms with Gasteiger partial charge in [0.25, 0.3) is 5.92 Å². The van der Waals surface area contributed by atoms with E-state index >= 15 is 0 Å². The van der Waals surface area contributed by atoms with E-state index in [-0.39, 0.29) is 106 Å². The average Bonchev–Trinajstić information content (AvgIpc) is 1.35. The van der Waals surface area contributed by atoms with E-state index in [0.29, 0.717) is 24.2 Å². The van der Waals surface area contributed by atoms with Crippen LogP contribution < -0.4 is 5.32 Å². The number of cyclic esters (lactones) is 1. The van der Waals surface area contributed by atoms with Crippen molar-refractivity contribution in [3.8, 4) is 0 Å². The smallest absolute Gasteiger partial charge is 0.320 e. The number of β-amino-alcohol motifs (C(OH)–C–C–N with tert-alkyl or cyclic N) is 3. The van der Waals surface area contributed by atoms with Crippen molar-refractivity contribution in [1.29, 1.82) is 0 Å². The molecule has 10 fully saturated rings. The van der Waals surface area contributed by atoms with E-state index in [4.69, 9.17) is 29.2 Å². The first-order valence-corrected chi connectivity index (χ1v) is 40.9. The van der Waals surface area contributed by atoms with E-state index in [1.807, 2.05) is 27.7 Å². The van der Waals surface area contributed by atoms with E-state index < -0.39 is 11.5 Å². The molecule has 10 heterocycles. The number of aliphatic hydroxyl groups excluding tert-OH is 4. The molecule has 0 aromatic rings. The number of carbonyl (C=O) groups is 1. The summed E-state index contributed by atoms with van der Waals surface area (Å²) in [5.74, 6) is -2.53. The van der Waals surface area contributed by atoms with Crippen LogP contribution in [0.15, 0.2) is 0 Å². The van der Waals surface area contributed by atoms with Crippen molar-refractivity contribution in [2.45, 2.75) is 364 Å². The number of hydrogen-bond donors (Lipinski definition) is 6. The Morgan fingerprint density at radius 2 is 0.748 bits per heavy atom. The number of morpholine rings is 4. The maximum absolute atomic E-state index is 12.3. The molecule has 640 valence electrons. The van der Waals surface area contributed by atoms with E-state index in [9.17, 15) is 28.9 Å². The third-order valence-electron chi connectivity index (χ3n) is 21.2. The van der Waals surface area contributed by atoms with Gasteiger partial charge < -0.3 is 49.8 Å². The molecule has 0 saturated carbocycles. The minimum Gasteiger partial charge on any atom is -0.463 e. The molecule has 23 heteroatoms. The molecule has 10 saturated heterocycles. The van der Waals surface area contributed by atoms with Crippen molar-refractivity contribution in [3.63, 3.8) is 0 Å². The quantitative estimate of drug-likeness (QED) is 0.135. The van der Waals surface area contributed by atoms with Crippen LogP contribution in [0.25, 0.3) is 0 Å². The molecule has 10 aliphatic heterocycles. The van der Waals surface area contributed by atoms with E-state index in [1.165, 1.54) is 6.54 Å². The summed E-state index contributed by atoms with van der Waals surface area (Å²) in [6, 6.07) is 0. The van der Waals surface area contributed by atoms with Crippen molar-refractivity contribution >= 4 is 5.97 Å². The van der Waals surface area contributed by atoms with Crippen LogP contribution in [0.3, 0.4) is 0 Å². The van der Waals surface area contributed by atoms with Gasteiger partial charge in [-0.1, -0.05) is 0 Å². The number of alkyl halides is 2. The zero-order valence-electron chi connectivity index (χ0n) is 76.0. The lowest BCUT2D eigenvalue weighted by molar-refractivity contribution is -0.160. The summed E-state index contributed by atoms with van der Waals surface area (Å²) in [4.78, 5) is 33.9. The summed E-state index contributed by atoms with van der Waals surface area (Å²) in [5.41, 5.74) is 1.98. The molecular weight excluding hydrogens is 1360 g/mol. The van der Waals surface area contributed by atoms with Crippen LogP contribution in [0, 0.1) is 0 Å². The number of piperidine rings is 1. The monoisotopic (exact) mass is 1540 g/mol. The summed E-state index contributed by atoms with van der Waals surface area (Å²) in [6.45, 7) is 98.1.